The van der Waals surface area contributed by atoms with Crippen molar-refractivity contribution < 1.29 is 9.53 Å². The Balaban J connectivity index is 2.38. The summed E-state index contributed by atoms with van der Waals surface area (Å²) >= 11 is 5.54. The van der Waals surface area contributed by atoms with Crippen LogP contribution in [0.25, 0.3) is 0 Å². The first-order valence-corrected chi connectivity index (χ1v) is 5.78. The number of alkyl halides is 1. The van der Waals surface area contributed by atoms with E-state index < -0.39 is 0 Å². The molecule has 3 nitrogen and oxygen atoms in total. The van der Waals surface area contributed by atoms with Crippen molar-refractivity contribution in [1.82, 2.24) is 5.32 Å². The van der Waals surface area contributed by atoms with Crippen molar-refractivity contribution in [2.45, 2.75) is 19.9 Å². The average Bonchev–Trinajstić information content (AvgIpc) is 2.28. The Morgan fingerprint density at radius 1 is 1.38 bits per heavy atom. The molecule has 0 bridgehead atoms. The number of halogens is 1. The van der Waals surface area contributed by atoms with Crippen LogP contribution in [0.5, 0.6) is 5.75 Å². The zero-order valence-corrected chi connectivity index (χ0v) is 10.1. The monoisotopic (exact) mass is 241 g/mol. The van der Waals surface area contributed by atoms with Gasteiger partial charge in [0.1, 0.15) is 5.75 Å². The maximum Gasteiger partial charge on any atom is 0.217 e. The number of amides is 1. The molecule has 1 aromatic rings. The second-order valence-electron chi connectivity index (χ2n) is 3.44. The van der Waals surface area contributed by atoms with Crippen molar-refractivity contribution in [2.75, 3.05) is 12.5 Å². The van der Waals surface area contributed by atoms with Gasteiger partial charge < -0.3 is 10.1 Å². The third-order valence-electron chi connectivity index (χ3n) is 2.01. The molecule has 0 heterocycles. The number of hydrogen-bond donors (Lipinski definition) is 1. The average molecular weight is 242 g/mol. The molecular weight excluding hydrogens is 226 g/mol. The summed E-state index contributed by atoms with van der Waals surface area (Å²) in [6, 6.07) is 7.66. The predicted octanol–water partition coefficient (Wildman–Crippen LogP) is 2.33. The molecule has 0 fully saturated rings. The lowest BCUT2D eigenvalue weighted by Crippen LogP contribution is -2.18. The Morgan fingerprint density at radius 2 is 2.06 bits per heavy atom. The van der Waals surface area contributed by atoms with Gasteiger partial charge in [0.05, 0.1) is 6.61 Å². The molecule has 88 valence electrons. The molecule has 1 amide bonds. The molecule has 0 aliphatic heterocycles. The number of hydrogen-bond acceptors (Lipinski definition) is 2. The summed E-state index contributed by atoms with van der Waals surface area (Å²) in [4.78, 5) is 10.7. The van der Waals surface area contributed by atoms with Gasteiger partial charge >= 0.3 is 0 Å². The Morgan fingerprint density at radius 3 is 2.62 bits per heavy atom. The molecule has 16 heavy (non-hydrogen) atoms. The maximum atomic E-state index is 10.7. The van der Waals surface area contributed by atoms with E-state index in [1.807, 2.05) is 24.3 Å². The fourth-order valence-corrected chi connectivity index (χ4v) is 1.28. The van der Waals surface area contributed by atoms with Crippen LogP contribution >= 0.6 is 11.6 Å². The van der Waals surface area contributed by atoms with Gasteiger partial charge in [0.2, 0.25) is 5.91 Å². The van der Waals surface area contributed by atoms with Crippen molar-refractivity contribution >= 4 is 17.5 Å². The summed E-state index contributed by atoms with van der Waals surface area (Å²) in [7, 11) is 0. The molecule has 0 aliphatic rings. The fraction of sp³-hybridized carbons (Fsp3) is 0.417. The molecule has 1 N–H and O–H groups in total. The molecule has 0 unspecified atom stereocenters. The molecule has 0 saturated carbocycles. The number of rotatable bonds is 6. The second kappa shape index (κ2) is 7.12. The van der Waals surface area contributed by atoms with E-state index in [9.17, 15) is 4.79 Å². The van der Waals surface area contributed by atoms with E-state index in [0.29, 0.717) is 19.0 Å². The maximum absolute atomic E-state index is 10.7. The van der Waals surface area contributed by atoms with Crippen LogP contribution in [0.15, 0.2) is 24.3 Å². The normalized spacial score (nSPS) is 9.88. The topological polar surface area (TPSA) is 38.3 Å². The van der Waals surface area contributed by atoms with E-state index in [-0.39, 0.29) is 5.91 Å². The van der Waals surface area contributed by atoms with E-state index in [1.54, 1.807) is 0 Å². The fourth-order valence-electron chi connectivity index (χ4n) is 1.17. The van der Waals surface area contributed by atoms with E-state index in [2.05, 4.69) is 5.32 Å². The summed E-state index contributed by atoms with van der Waals surface area (Å²) in [5, 5.41) is 2.74. The number of nitrogens with one attached hydrogen (secondary N) is 1. The first-order chi connectivity index (χ1) is 7.72. The van der Waals surface area contributed by atoms with Crippen LogP contribution in [-0.2, 0) is 11.3 Å². The van der Waals surface area contributed by atoms with Gasteiger partial charge in [-0.25, -0.2) is 0 Å². The first kappa shape index (κ1) is 12.8. The lowest BCUT2D eigenvalue weighted by atomic mass is 10.2. The Kier molecular flexibility index (Phi) is 5.72. The van der Waals surface area contributed by atoms with E-state index in [4.69, 9.17) is 16.3 Å². The highest BCUT2D eigenvalue weighted by Gasteiger charge is 1.96. The summed E-state index contributed by atoms with van der Waals surface area (Å²) in [6.07, 6.45) is 0.842. The molecule has 0 radical (unpaired) electrons. The van der Waals surface area contributed by atoms with Gasteiger partial charge in [0.25, 0.3) is 0 Å². The number of benzene rings is 1. The van der Waals surface area contributed by atoms with Crippen LogP contribution in [0.2, 0.25) is 0 Å². The molecule has 0 atom stereocenters. The van der Waals surface area contributed by atoms with Crippen molar-refractivity contribution in [2.24, 2.45) is 0 Å². The number of carbonyl (C=O) groups excluding carboxylic acids is 1. The first-order valence-electron chi connectivity index (χ1n) is 5.24. The highest BCUT2D eigenvalue weighted by molar-refractivity contribution is 6.17. The molecule has 1 rings (SSSR count). The molecule has 0 aliphatic carbocycles. The minimum atomic E-state index is -0.0255. The van der Waals surface area contributed by atoms with Gasteiger partial charge in [0.15, 0.2) is 0 Å². The summed E-state index contributed by atoms with van der Waals surface area (Å²) < 4.78 is 5.46. The zero-order chi connectivity index (χ0) is 11.8. The number of carbonyl (C=O) groups is 1. The second-order valence-corrected chi connectivity index (χ2v) is 3.82. The minimum absolute atomic E-state index is 0.0255. The van der Waals surface area contributed by atoms with Gasteiger partial charge in [-0.15, -0.1) is 11.6 Å². The van der Waals surface area contributed by atoms with E-state index >= 15 is 0 Å². The molecule has 0 spiro atoms. The smallest absolute Gasteiger partial charge is 0.217 e. The van der Waals surface area contributed by atoms with Crippen molar-refractivity contribution in [3.05, 3.63) is 29.8 Å². The van der Waals surface area contributed by atoms with Gasteiger partial charge in [-0.1, -0.05) is 12.1 Å². The van der Waals surface area contributed by atoms with E-state index in [1.165, 1.54) is 6.92 Å². The third kappa shape index (κ3) is 5.03. The van der Waals surface area contributed by atoms with E-state index in [0.717, 1.165) is 17.7 Å². The van der Waals surface area contributed by atoms with Crippen LogP contribution in [-0.4, -0.2) is 18.4 Å². The largest absolute Gasteiger partial charge is 0.494 e. The molecule has 0 aromatic heterocycles. The zero-order valence-electron chi connectivity index (χ0n) is 9.33. The lowest BCUT2D eigenvalue weighted by Gasteiger charge is -2.06. The number of ether oxygens (including phenoxy) is 1. The quantitative estimate of drug-likeness (QED) is 0.613. The summed E-state index contributed by atoms with van der Waals surface area (Å²) in [5.41, 5.74) is 1.06. The van der Waals surface area contributed by atoms with Crippen LogP contribution in [0.3, 0.4) is 0 Å². The van der Waals surface area contributed by atoms with Crippen molar-refractivity contribution in [1.29, 1.82) is 0 Å². The summed E-state index contributed by atoms with van der Waals surface area (Å²) in [5.74, 6) is 1.42. The molecule has 0 saturated heterocycles. The lowest BCUT2D eigenvalue weighted by molar-refractivity contribution is -0.119. The molecule has 1 aromatic carbocycles. The van der Waals surface area contributed by atoms with Crippen LogP contribution in [0.1, 0.15) is 18.9 Å². The van der Waals surface area contributed by atoms with Gasteiger partial charge in [-0.3, -0.25) is 4.79 Å². The van der Waals surface area contributed by atoms with Gasteiger partial charge in [0, 0.05) is 19.3 Å². The SMILES string of the molecule is CC(=O)NCc1ccc(OCCCCl)cc1. The summed E-state index contributed by atoms with van der Waals surface area (Å²) in [6.45, 7) is 2.69. The molecule has 4 heteroatoms. The van der Waals surface area contributed by atoms with Crippen LogP contribution in [0, 0.1) is 0 Å². The van der Waals surface area contributed by atoms with Crippen molar-refractivity contribution in [3.8, 4) is 5.75 Å². The van der Waals surface area contributed by atoms with Gasteiger partial charge in [-0.2, -0.15) is 0 Å². The third-order valence-corrected chi connectivity index (χ3v) is 2.28. The Hall–Kier alpha value is -1.22. The Bertz CT molecular complexity index is 324. The predicted molar refractivity (Wildman–Crippen MR) is 64.8 cm³/mol. The van der Waals surface area contributed by atoms with Gasteiger partial charge in [-0.05, 0) is 24.1 Å². The van der Waals surface area contributed by atoms with Crippen molar-refractivity contribution in [3.63, 3.8) is 0 Å². The standard InChI is InChI=1S/C12H16ClNO2/c1-10(15)14-9-11-3-5-12(6-4-11)16-8-2-7-13/h3-6H,2,7-9H2,1H3,(H,14,15). The van der Waals surface area contributed by atoms with Crippen LogP contribution < -0.4 is 10.1 Å². The highest BCUT2D eigenvalue weighted by Crippen LogP contribution is 2.12. The Labute approximate surface area is 101 Å². The van der Waals surface area contributed by atoms with Crippen LogP contribution in [0.4, 0.5) is 0 Å². The highest BCUT2D eigenvalue weighted by atomic mass is 35.5. The minimum Gasteiger partial charge on any atom is -0.494 e. The molecular formula is C12H16ClNO2.